The minimum absolute atomic E-state index is 0.0283. The van der Waals surface area contributed by atoms with Gasteiger partial charge in [-0.05, 0) is 6.42 Å². The molecule has 19 heavy (non-hydrogen) atoms. The number of aromatic nitrogens is 2. The molecule has 106 valence electrons. The zero-order valence-corrected chi connectivity index (χ0v) is 11.5. The van der Waals surface area contributed by atoms with Gasteiger partial charge >= 0.3 is 0 Å². The zero-order valence-electron chi connectivity index (χ0n) is 10.7. The highest BCUT2D eigenvalue weighted by atomic mass is 32.2. The first-order valence-electron chi connectivity index (χ1n) is 6.05. The molecule has 1 fully saturated rings. The highest BCUT2D eigenvalue weighted by Gasteiger charge is 2.32. The van der Waals surface area contributed by atoms with Crippen molar-refractivity contribution in [2.24, 2.45) is 0 Å². The van der Waals surface area contributed by atoms with E-state index in [0.717, 1.165) is 10.7 Å². The molecule has 9 heteroatoms. The number of rotatable bonds is 4. The highest BCUT2D eigenvalue weighted by Crippen LogP contribution is 2.21. The maximum atomic E-state index is 12.4. The molecule has 3 N–H and O–H groups in total. The van der Waals surface area contributed by atoms with Crippen LogP contribution in [0.3, 0.4) is 0 Å². The summed E-state index contributed by atoms with van der Waals surface area (Å²) in [4.78, 5) is 11.2. The second-order valence-corrected chi connectivity index (χ2v) is 6.24. The monoisotopic (exact) mass is 287 g/mol. The number of carbonyl (C=O) groups excluding carboxylic acids is 1. The fraction of sp³-hybridized carbons (Fsp3) is 0.600. The van der Waals surface area contributed by atoms with E-state index in [9.17, 15) is 13.2 Å². The third-order valence-electron chi connectivity index (χ3n) is 2.83. The van der Waals surface area contributed by atoms with E-state index < -0.39 is 10.0 Å². The molecule has 2 heterocycles. The van der Waals surface area contributed by atoms with Crippen molar-refractivity contribution >= 4 is 21.7 Å². The Morgan fingerprint density at radius 1 is 1.53 bits per heavy atom. The number of anilines is 1. The van der Waals surface area contributed by atoms with Gasteiger partial charge in [0, 0.05) is 25.8 Å². The van der Waals surface area contributed by atoms with Crippen LogP contribution in [0.1, 0.15) is 13.3 Å². The Morgan fingerprint density at radius 2 is 2.26 bits per heavy atom. The molecule has 0 unspecified atom stereocenters. The third-order valence-corrected chi connectivity index (χ3v) is 4.69. The number of nitrogen functional groups attached to an aromatic ring is 1. The van der Waals surface area contributed by atoms with Crippen molar-refractivity contribution in [3.8, 4) is 0 Å². The predicted octanol–water partition coefficient (Wildman–Crippen LogP) is -1.00. The van der Waals surface area contributed by atoms with Crippen LogP contribution in [0.4, 0.5) is 5.82 Å². The summed E-state index contributed by atoms with van der Waals surface area (Å²) in [7, 11) is -3.76. The maximum Gasteiger partial charge on any atom is 0.248 e. The summed E-state index contributed by atoms with van der Waals surface area (Å²) in [6, 6.07) is 0. The van der Waals surface area contributed by atoms with Gasteiger partial charge in [-0.3, -0.25) is 9.48 Å². The largest absolute Gasteiger partial charge is 0.381 e. The number of aryl methyl sites for hydroxylation is 1. The van der Waals surface area contributed by atoms with E-state index in [2.05, 4.69) is 10.4 Å². The molecule has 0 saturated carbocycles. The Labute approximate surface area is 111 Å². The molecule has 1 amide bonds. The molecule has 1 aromatic heterocycles. The average molecular weight is 287 g/mol. The lowest BCUT2D eigenvalue weighted by atomic mass is 10.4. The van der Waals surface area contributed by atoms with Gasteiger partial charge in [0.25, 0.3) is 0 Å². The Bertz CT molecular complexity index is 580. The van der Waals surface area contributed by atoms with Gasteiger partial charge in [-0.15, -0.1) is 0 Å². The fourth-order valence-corrected chi connectivity index (χ4v) is 3.38. The summed E-state index contributed by atoms with van der Waals surface area (Å²) < 4.78 is 27.4. The van der Waals surface area contributed by atoms with Crippen LogP contribution in [-0.4, -0.2) is 48.0 Å². The normalized spacial score (nSPS) is 17.4. The van der Waals surface area contributed by atoms with Crippen molar-refractivity contribution in [3.63, 3.8) is 0 Å². The Morgan fingerprint density at radius 3 is 2.89 bits per heavy atom. The van der Waals surface area contributed by atoms with Gasteiger partial charge in [-0.1, -0.05) is 6.92 Å². The first kappa shape index (κ1) is 13.8. The minimum Gasteiger partial charge on any atom is -0.381 e. The van der Waals surface area contributed by atoms with Crippen LogP contribution in [0.5, 0.6) is 0 Å². The zero-order chi connectivity index (χ0) is 14.0. The molecular weight excluding hydrogens is 270 g/mol. The molecule has 0 spiro atoms. The molecule has 8 nitrogen and oxygen atoms in total. The third kappa shape index (κ3) is 2.71. The Hall–Kier alpha value is -1.61. The first-order chi connectivity index (χ1) is 8.95. The number of hydrogen-bond donors (Lipinski definition) is 2. The maximum absolute atomic E-state index is 12.4. The molecule has 0 aromatic carbocycles. The van der Waals surface area contributed by atoms with E-state index in [-0.39, 0.29) is 29.7 Å². The van der Waals surface area contributed by atoms with Gasteiger partial charge in [-0.2, -0.15) is 9.40 Å². The summed E-state index contributed by atoms with van der Waals surface area (Å²) >= 11 is 0. The SMILES string of the molecule is CCCn1cc(S(=O)(=O)N2CCNC(=O)C2)c(N)n1. The number of nitrogens with zero attached hydrogens (tertiary/aromatic N) is 3. The molecular formula is C10H17N5O3S. The molecule has 0 atom stereocenters. The number of nitrogens with two attached hydrogens (primary N) is 1. The van der Waals surface area contributed by atoms with Gasteiger partial charge in [0.05, 0.1) is 6.54 Å². The van der Waals surface area contributed by atoms with E-state index in [4.69, 9.17) is 5.73 Å². The molecule has 0 bridgehead atoms. The van der Waals surface area contributed by atoms with Gasteiger partial charge in [0.1, 0.15) is 4.90 Å². The number of hydrogen-bond acceptors (Lipinski definition) is 5. The van der Waals surface area contributed by atoms with E-state index in [1.165, 1.54) is 10.9 Å². The van der Waals surface area contributed by atoms with Crippen LogP contribution >= 0.6 is 0 Å². The first-order valence-corrected chi connectivity index (χ1v) is 7.49. The molecule has 1 aliphatic heterocycles. The van der Waals surface area contributed by atoms with Crippen molar-refractivity contribution in [2.75, 3.05) is 25.4 Å². The quantitative estimate of drug-likeness (QED) is 0.737. The fourth-order valence-electron chi connectivity index (χ4n) is 1.92. The number of sulfonamides is 1. The number of piperazine rings is 1. The molecule has 2 rings (SSSR count). The lowest BCUT2D eigenvalue weighted by molar-refractivity contribution is -0.122. The summed E-state index contributed by atoms with van der Waals surface area (Å²) in [5, 5.41) is 6.55. The minimum atomic E-state index is -3.76. The summed E-state index contributed by atoms with van der Waals surface area (Å²) in [6.07, 6.45) is 2.24. The summed E-state index contributed by atoms with van der Waals surface area (Å²) in [6.45, 7) is 2.93. The van der Waals surface area contributed by atoms with E-state index >= 15 is 0 Å². The second-order valence-electron chi connectivity index (χ2n) is 4.33. The lowest BCUT2D eigenvalue weighted by Crippen LogP contribution is -2.49. The summed E-state index contributed by atoms with van der Waals surface area (Å²) in [5.74, 6) is -0.339. The van der Waals surface area contributed by atoms with Crippen molar-refractivity contribution in [1.29, 1.82) is 0 Å². The standard InChI is InChI=1S/C10H17N5O3S/c1-2-4-14-6-8(10(11)13-14)19(17,18)15-5-3-12-9(16)7-15/h6H,2-5,7H2,1H3,(H2,11,13)(H,12,16). The molecule has 1 aromatic rings. The van der Waals surface area contributed by atoms with Crippen LogP contribution in [0.15, 0.2) is 11.1 Å². The Balaban J connectivity index is 2.30. The highest BCUT2D eigenvalue weighted by molar-refractivity contribution is 7.89. The van der Waals surface area contributed by atoms with Crippen LogP contribution < -0.4 is 11.1 Å². The Kier molecular flexibility index (Phi) is 3.76. The number of carbonyl (C=O) groups is 1. The van der Waals surface area contributed by atoms with Crippen molar-refractivity contribution < 1.29 is 13.2 Å². The molecule has 0 radical (unpaired) electrons. The van der Waals surface area contributed by atoms with Gasteiger partial charge in [0.2, 0.25) is 15.9 Å². The van der Waals surface area contributed by atoms with Gasteiger partial charge in [-0.25, -0.2) is 8.42 Å². The van der Waals surface area contributed by atoms with Crippen LogP contribution in [0.25, 0.3) is 0 Å². The second kappa shape index (κ2) is 5.17. The van der Waals surface area contributed by atoms with E-state index in [1.807, 2.05) is 6.92 Å². The van der Waals surface area contributed by atoms with Gasteiger partial charge < -0.3 is 11.1 Å². The van der Waals surface area contributed by atoms with Crippen molar-refractivity contribution in [2.45, 2.75) is 24.8 Å². The molecule has 1 saturated heterocycles. The van der Waals surface area contributed by atoms with Crippen molar-refractivity contribution in [3.05, 3.63) is 6.20 Å². The lowest BCUT2D eigenvalue weighted by Gasteiger charge is -2.25. The van der Waals surface area contributed by atoms with E-state index in [1.54, 1.807) is 0 Å². The predicted molar refractivity (Wildman–Crippen MR) is 68.7 cm³/mol. The van der Waals surface area contributed by atoms with Crippen LogP contribution in [0.2, 0.25) is 0 Å². The van der Waals surface area contributed by atoms with Gasteiger partial charge in [0.15, 0.2) is 5.82 Å². The molecule has 0 aliphatic carbocycles. The topological polar surface area (TPSA) is 110 Å². The van der Waals surface area contributed by atoms with Crippen LogP contribution in [0, 0.1) is 0 Å². The number of amides is 1. The average Bonchev–Trinajstić information content (AvgIpc) is 2.71. The van der Waals surface area contributed by atoms with Crippen LogP contribution in [-0.2, 0) is 21.4 Å². The molecule has 1 aliphatic rings. The summed E-state index contributed by atoms with van der Waals surface area (Å²) in [5.41, 5.74) is 5.66. The van der Waals surface area contributed by atoms with E-state index in [0.29, 0.717) is 13.1 Å². The smallest absolute Gasteiger partial charge is 0.248 e. The number of nitrogens with one attached hydrogen (secondary N) is 1. The van der Waals surface area contributed by atoms with Crippen molar-refractivity contribution in [1.82, 2.24) is 19.4 Å².